The molecule has 0 aromatic carbocycles. The fraction of sp³-hybridized carbons (Fsp3) is 0.867. The number of hydrogen-bond donors (Lipinski definition) is 3. The van der Waals surface area contributed by atoms with Gasteiger partial charge in [-0.25, -0.2) is 4.79 Å². The quantitative estimate of drug-likeness (QED) is 0.561. The van der Waals surface area contributed by atoms with Gasteiger partial charge in [0.05, 0.1) is 24.8 Å². The summed E-state index contributed by atoms with van der Waals surface area (Å²) in [4.78, 5) is 22.9. The molecule has 120 valence electrons. The molecule has 2 aliphatic heterocycles. The third-order valence-corrected chi connectivity index (χ3v) is 4.18. The molecule has 0 aromatic heterocycles. The molecular formula is C15H27N3O3. The Kier molecular flexibility index (Phi) is 6.29. The summed E-state index contributed by atoms with van der Waals surface area (Å²) in [5.41, 5.74) is 0. The number of carbonyl (C=O) groups is 2. The van der Waals surface area contributed by atoms with Crippen LogP contribution in [-0.2, 0) is 9.53 Å². The Bertz CT molecular complexity index is 362. The van der Waals surface area contributed by atoms with Gasteiger partial charge in [0.1, 0.15) is 0 Å². The Morgan fingerprint density at radius 1 is 1.29 bits per heavy atom. The Morgan fingerprint density at radius 2 is 2.14 bits per heavy atom. The Labute approximate surface area is 126 Å². The maximum Gasteiger partial charge on any atom is 0.315 e. The van der Waals surface area contributed by atoms with Crippen molar-refractivity contribution in [1.82, 2.24) is 16.0 Å². The van der Waals surface area contributed by atoms with Gasteiger partial charge in [0.25, 0.3) is 0 Å². The molecule has 2 heterocycles. The second-order valence-electron chi connectivity index (χ2n) is 5.92. The van der Waals surface area contributed by atoms with E-state index < -0.39 is 0 Å². The third-order valence-electron chi connectivity index (χ3n) is 4.18. The fourth-order valence-corrected chi connectivity index (χ4v) is 2.97. The number of carbonyl (C=O) groups excluding carboxylic acids is 2. The van der Waals surface area contributed by atoms with E-state index in [4.69, 9.17) is 4.74 Å². The monoisotopic (exact) mass is 297 g/mol. The van der Waals surface area contributed by atoms with Crippen molar-refractivity contribution in [3.63, 3.8) is 0 Å². The van der Waals surface area contributed by atoms with Crippen molar-refractivity contribution >= 4 is 11.9 Å². The van der Waals surface area contributed by atoms with E-state index in [2.05, 4.69) is 22.9 Å². The van der Waals surface area contributed by atoms with Gasteiger partial charge in [-0.2, -0.15) is 0 Å². The molecule has 1 unspecified atom stereocenters. The van der Waals surface area contributed by atoms with Gasteiger partial charge in [-0.1, -0.05) is 26.2 Å². The summed E-state index contributed by atoms with van der Waals surface area (Å²) in [6, 6.07) is 0.120. The minimum atomic E-state index is -0.0928. The van der Waals surface area contributed by atoms with Crippen LogP contribution in [0.3, 0.4) is 0 Å². The van der Waals surface area contributed by atoms with Gasteiger partial charge in [0.15, 0.2) is 0 Å². The normalized spacial score (nSPS) is 27.1. The number of rotatable bonds is 9. The van der Waals surface area contributed by atoms with E-state index in [0.717, 1.165) is 32.2 Å². The fourth-order valence-electron chi connectivity index (χ4n) is 2.97. The summed E-state index contributed by atoms with van der Waals surface area (Å²) in [6.45, 7) is 3.53. The van der Waals surface area contributed by atoms with Crippen LogP contribution < -0.4 is 16.0 Å². The Balaban J connectivity index is 1.52. The highest BCUT2D eigenvalue weighted by molar-refractivity contribution is 5.77. The van der Waals surface area contributed by atoms with Gasteiger partial charge in [0, 0.05) is 13.0 Å². The van der Waals surface area contributed by atoms with Gasteiger partial charge in [0.2, 0.25) is 5.91 Å². The van der Waals surface area contributed by atoms with Crippen LogP contribution in [0.4, 0.5) is 4.79 Å². The predicted octanol–water partition coefficient (Wildman–Crippen LogP) is 1.30. The number of nitrogens with one attached hydrogen (secondary N) is 3. The third kappa shape index (κ3) is 4.88. The first kappa shape index (κ1) is 16.1. The van der Waals surface area contributed by atoms with Crippen molar-refractivity contribution in [2.45, 2.75) is 70.1 Å². The molecule has 2 saturated heterocycles. The maximum absolute atomic E-state index is 11.6. The Hall–Kier alpha value is -1.30. The standard InChI is InChI=1S/C15H27N3O3/c1-2-3-6-9-16-13(19)8-5-4-7-12-14-11(10-21-12)17-15(20)18-14/h11-12,14H,2-10H2,1H3,(H,16,19)(H2,17,18,20)/t11-,12?,14-/m0/s1. The van der Waals surface area contributed by atoms with Crippen LogP contribution >= 0.6 is 0 Å². The van der Waals surface area contributed by atoms with Crippen LogP contribution in [0.1, 0.15) is 51.9 Å². The van der Waals surface area contributed by atoms with Crippen molar-refractivity contribution in [1.29, 1.82) is 0 Å². The van der Waals surface area contributed by atoms with Crippen molar-refractivity contribution in [3.8, 4) is 0 Å². The SMILES string of the molecule is CCCCCNC(=O)CCCCC1OC[C@@H]2NC(=O)N[C@H]12. The Morgan fingerprint density at radius 3 is 2.95 bits per heavy atom. The molecule has 2 rings (SSSR count). The summed E-state index contributed by atoms with van der Waals surface area (Å²) in [6.07, 6.45) is 6.79. The molecule has 6 nitrogen and oxygen atoms in total. The second kappa shape index (κ2) is 8.22. The average molecular weight is 297 g/mol. The summed E-state index contributed by atoms with van der Waals surface area (Å²) < 4.78 is 5.69. The summed E-state index contributed by atoms with van der Waals surface area (Å²) in [5, 5.41) is 8.70. The van der Waals surface area contributed by atoms with E-state index in [9.17, 15) is 9.59 Å². The highest BCUT2D eigenvalue weighted by Gasteiger charge is 2.42. The number of unbranched alkanes of at least 4 members (excludes halogenated alkanes) is 3. The molecule has 0 aliphatic carbocycles. The smallest absolute Gasteiger partial charge is 0.315 e. The minimum Gasteiger partial charge on any atom is -0.374 e. The first-order valence-corrected chi connectivity index (χ1v) is 8.16. The zero-order valence-electron chi connectivity index (χ0n) is 12.8. The highest BCUT2D eigenvalue weighted by atomic mass is 16.5. The van der Waals surface area contributed by atoms with E-state index in [-0.39, 0.29) is 30.1 Å². The number of urea groups is 1. The lowest BCUT2D eigenvalue weighted by Gasteiger charge is -2.16. The van der Waals surface area contributed by atoms with Gasteiger partial charge in [-0.3, -0.25) is 4.79 Å². The molecule has 0 saturated carbocycles. The van der Waals surface area contributed by atoms with E-state index in [0.29, 0.717) is 13.0 Å². The maximum atomic E-state index is 11.6. The largest absolute Gasteiger partial charge is 0.374 e. The lowest BCUT2D eigenvalue weighted by molar-refractivity contribution is -0.121. The van der Waals surface area contributed by atoms with Crippen LogP contribution in [0.5, 0.6) is 0 Å². The number of hydrogen-bond acceptors (Lipinski definition) is 3. The summed E-state index contributed by atoms with van der Waals surface area (Å²) in [7, 11) is 0. The van der Waals surface area contributed by atoms with E-state index in [1.807, 2.05) is 0 Å². The number of fused-ring (bicyclic) bond motifs is 1. The molecule has 21 heavy (non-hydrogen) atoms. The van der Waals surface area contributed by atoms with Crippen molar-refractivity contribution < 1.29 is 14.3 Å². The summed E-state index contributed by atoms with van der Waals surface area (Å²) in [5.74, 6) is 0.146. The zero-order valence-corrected chi connectivity index (χ0v) is 12.8. The average Bonchev–Trinajstić information content (AvgIpc) is 2.99. The molecule has 0 spiro atoms. The predicted molar refractivity (Wildman–Crippen MR) is 80.0 cm³/mol. The van der Waals surface area contributed by atoms with Crippen LogP contribution in [0, 0.1) is 0 Å². The topological polar surface area (TPSA) is 79.5 Å². The van der Waals surface area contributed by atoms with Crippen molar-refractivity contribution in [3.05, 3.63) is 0 Å². The van der Waals surface area contributed by atoms with Crippen LogP contribution in [0.2, 0.25) is 0 Å². The van der Waals surface area contributed by atoms with Crippen LogP contribution in [0.15, 0.2) is 0 Å². The minimum absolute atomic E-state index is 0.0848. The molecular weight excluding hydrogens is 270 g/mol. The van der Waals surface area contributed by atoms with E-state index in [1.54, 1.807) is 0 Å². The number of ether oxygens (including phenoxy) is 1. The molecule has 3 amide bonds. The molecule has 6 heteroatoms. The summed E-state index contributed by atoms with van der Waals surface area (Å²) >= 11 is 0. The molecule has 3 N–H and O–H groups in total. The lowest BCUT2D eigenvalue weighted by Crippen LogP contribution is -2.37. The van der Waals surface area contributed by atoms with Gasteiger partial charge >= 0.3 is 6.03 Å². The first-order valence-electron chi connectivity index (χ1n) is 8.16. The van der Waals surface area contributed by atoms with Gasteiger partial charge in [-0.05, 0) is 19.3 Å². The van der Waals surface area contributed by atoms with Crippen molar-refractivity contribution in [2.24, 2.45) is 0 Å². The van der Waals surface area contributed by atoms with Crippen LogP contribution in [0.25, 0.3) is 0 Å². The zero-order chi connectivity index (χ0) is 15.1. The molecule has 3 atom stereocenters. The van der Waals surface area contributed by atoms with Gasteiger partial charge in [-0.15, -0.1) is 0 Å². The molecule has 0 aromatic rings. The van der Waals surface area contributed by atoms with E-state index in [1.165, 1.54) is 12.8 Å². The van der Waals surface area contributed by atoms with Crippen LogP contribution in [-0.4, -0.2) is 43.3 Å². The molecule has 0 radical (unpaired) electrons. The highest BCUT2D eigenvalue weighted by Crippen LogP contribution is 2.22. The lowest BCUT2D eigenvalue weighted by atomic mass is 10.0. The number of amides is 3. The van der Waals surface area contributed by atoms with Gasteiger partial charge < -0.3 is 20.7 Å². The molecule has 2 aliphatic rings. The molecule has 0 bridgehead atoms. The first-order chi connectivity index (χ1) is 10.2. The molecule has 2 fully saturated rings. The van der Waals surface area contributed by atoms with Crippen molar-refractivity contribution in [2.75, 3.05) is 13.2 Å². The van der Waals surface area contributed by atoms with E-state index >= 15 is 0 Å². The second-order valence-corrected chi connectivity index (χ2v) is 5.92.